The van der Waals surface area contributed by atoms with Crippen molar-refractivity contribution in [2.45, 2.75) is 25.8 Å². The molecule has 1 aliphatic heterocycles. The standard InChI is InChI=1S/C13H17BrN2O/c1-9-4-5-10(14)7-12(9)13(17)16-11-3-2-6-15-8-11/h4-5,7,11,15H,2-3,6,8H2,1H3,(H,16,17)/t11-/m0/s1. The first-order chi connectivity index (χ1) is 8.16. The smallest absolute Gasteiger partial charge is 0.251 e. The fourth-order valence-corrected chi connectivity index (χ4v) is 2.44. The molecule has 0 saturated carbocycles. The van der Waals surface area contributed by atoms with Crippen molar-refractivity contribution in [1.29, 1.82) is 0 Å². The lowest BCUT2D eigenvalue weighted by atomic mass is 10.1. The SMILES string of the molecule is Cc1ccc(Br)cc1C(=O)N[C@H]1CCCNC1. The second-order valence-corrected chi connectivity index (χ2v) is 5.39. The number of aryl methyl sites for hydroxylation is 1. The van der Waals surface area contributed by atoms with Gasteiger partial charge >= 0.3 is 0 Å². The van der Waals surface area contributed by atoms with Crippen molar-refractivity contribution in [2.75, 3.05) is 13.1 Å². The van der Waals surface area contributed by atoms with E-state index in [2.05, 4.69) is 26.6 Å². The Labute approximate surface area is 110 Å². The van der Waals surface area contributed by atoms with Gasteiger partial charge in [-0.05, 0) is 44.0 Å². The Balaban J connectivity index is 2.05. The number of rotatable bonds is 2. The zero-order valence-corrected chi connectivity index (χ0v) is 11.5. The third-order valence-corrected chi connectivity index (χ3v) is 3.57. The van der Waals surface area contributed by atoms with Gasteiger partial charge in [0.25, 0.3) is 5.91 Å². The number of benzene rings is 1. The normalized spacial score (nSPS) is 20.0. The Morgan fingerprint density at radius 3 is 3.06 bits per heavy atom. The molecule has 1 aromatic rings. The van der Waals surface area contributed by atoms with Crippen molar-refractivity contribution >= 4 is 21.8 Å². The lowest BCUT2D eigenvalue weighted by molar-refractivity contribution is 0.0930. The zero-order chi connectivity index (χ0) is 12.3. The van der Waals surface area contributed by atoms with Crippen molar-refractivity contribution in [3.63, 3.8) is 0 Å². The predicted molar refractivity (Wildman–Crippen MR) is 72.2 cm³/mol. The van der Waals surface area contributed by atoms with Crippen molar-refractivity contribution in [3.05, 3.63) is 33.8 Å². The van der Waals surface area contributed by atoms with Crippen LogP contribution in [-0.2, 0) is 0 Å². The maximum absolute atomic E-state index is 12.1. The number of amides is 1. The lowest BCUT2D eigenvalue weighted by Crippen LogP contribution is -2.45. The highest BCUT2D eigenvalue weighted by Gasteiger charge is 2.17. The molecule has 2 rings (SSSR count). The van der Waals surface area contributed by atoms with E-state index in [1.165, 1.54) is 0 Å². The fourth-order valence-electron chi connectivity index (χ4n) is 2.08. The number of piperidine rings is 1. The molecule has 1 heterocycles. The van der Waals surface area contributed by atoms with Crippen molar-refractivity contribution in [3.8, 4) is 0 Å². The van der Waals surface area contributed by atoms with E-state index in [1.807, 2.05) is 25.1 Å². The quantitative estimate of drug-likeness (QED) is 0.879. The number of nitrogens with one attached hydrogen (secondary N) is 2. The first kappa shape index (κ1) is 12.6. The van der Waals surface area contributed by atoms with Gasteiger partial charge in [0.15, 0.2) is 0 Å². The van der Waals surface area contributed by atoms with Crippen LogP contribution in [0.4, 0.5) is 0 Å². The highest BCUT2D eigenvalue weighted by molar-refractivity contribution is 9.10. The minimum Gasteiger partial charge on any atom is -0.348 e. The summed E-state index contributed by atoms with van der Waals surface area (Å²) in [7, 11) is 0. The molecule has 92 valence electrons. The van der Waals surface area contributed by atoms with Crippen molar-refractivity contribution < 1.29 is 4.79 Å². The van der Waals surface area contributed by atoms with Gasteiger partial charge in [-0.25, -0.2) is 0 Å². The van der Waals surface area contributed by atoms with E-state index in [4.69, 9.17) is 0 Å². The van der Waals surface area contributed by atoms with E-state index in [0.29, 0.717) is 0 Å². The van der Waals surface area contributed by atoms with Crippen LogP contribution in [-0.4, -0.2) is 25.0 Å². The molecule has 1 aliphatic rings. The average Bonchev–Trinajstić information content (AvgIpc) is 2.33. The molecule has 0 aliphatic carbocycles. The molecule has 1 fully saturated rings. The molecule has 1 atom stereocenters. The third kappa shape index (κ3) is 3.30. The summed E-state index contributed by atoms with van der Waals surface area (Å²) in [6.07, 6.45) is 2.19. The first-order valence-electron chi connectivity index (χ1n) is 5.94. The van der Waals surface area contributed by atoms with Crippen molar-refractivity contribution in [2.24, 2.45) is 0 Å². The summed E-state index contributed by atoms with van der Waals surface area (Å²) < 4.78 is 0.940. The molecule has 0 spiro atoms. The summed E-state index contributed by atoms with van der Waals surface area (Å²) in [6.45, 7) is 3.89. The van der Waals surface area contributed by atoms with Crippen LogP contribution in [0, 0.1) is 6.92 Å². The van der Waals surface area contributed by atoms with Crippen molar-refractivity contribution in [1.82, 2.24) is 10.6 Å². The summed E-state index contributed by atoms with van der Waals surface area (Å²) in [4.78, 5) is 12.1. The molecular weight excluding hydrogens is 280 g/mol. The molecule has 17 heavy (non-hydrogen) atoms. The van der Waals surface area contributed by atoms with Crippen LogP contribution in [0.2, 0.25) is 0 Å². The van der Waals surface area contributed by atoms with E-state index in [0.717, 1.165) is 41.5 Å². The lowest BCUT2D eigenvalue weighted by Gasteiger charge is -2.24. The minimum absolute atomic E-state index is 0.0255. The number of hydrogen-bond donors (Lipinski definition) is 2. The van der Waals surface area contributed by atoms with Gasteiger partial charge in [-0.1, -0.05) is 22.0 Å². The fraction of sp³-hybridized carbons (Fsp3) is 0.462. The van der Waals surface area contributed by atoms with Crippen LogP contribution in [0.1, 0.15) is 28.8 Å². The van der Waals surface area contributed by atoms with Gasteiger partial charge in [-0.2, -0.15) is 0 Å². The van der Waals surface area contributed by atoms with Crippen LogP contribution < -0.4 is 10.6 Å². The minimum atomic E-state index is 0.0255. The van der Waals surface area contributed by atoms with Gasteiger partial charge in [0.05, 0.1) is 0 Å². The van der Waals surface area contributed by atoms with E-state index >= 15 is 0 Å². The van der Waals surface area contributed by atoms with Gasteiger partial charge in [-0.15, -0.1) is 0 Å². The zero-order valence-electron chi connectivity index (χ0n) is 9.92. The molecule has 4 heteroatoms. The van der Waals surface area contributed by atoms with Gasteiger partial charge in [0.2, 0.25) is 0 Å². The van der Waals surface area contributed by atoms with Gasteiger partial charge in [-0.3, -0.25) is 4.79 Å². The monoisotopic (exact) mass is 296 g/mol. The number of halogens is 1. The summed E-state index contributed by atoms with van der Waals surface area (Å²) in [6, 6.07) is 6.04. The predicted octanol–water partition coefficient (Wildman–Crippen LogP) is 2.24. The van der Waals surface area contributed by atoms with E-state index in [1.54, 1.807) is 0 Å². The topological polar surface area (TPSA) is 41.1 Å². The van der Waals surface area contributed by atoms with Gasteiger partial charge in [0, 0.05) is 22.6 Å². The van der Waals surface area contributed by atoms with Crippen LogP contribution in [0.5, 0.6) is 0 Å². The maximum Gasteiger partial charge on any atom is 0.251 e. The third-order valence-electron chi connectivity index (χ3n) is 3.08. The second-order valence-electron chi connectivity index (χ2n) is 4.48. The largest absolute Gasteiger partial charge is 0.348 e. The molecular formula is C13H17BrN2O. The number of hydrogen-bond acceptors (Lipinski definition) is 2. The number of carbonyl (C=O) groups is 1. The van der Waals surface area contributed by atoms with Crippen LogP contribution in [0.15, 0.2) is 22.7 Å². The molecule has 3 nitrogen and oxygen atoms in total. The summed E-state index contributed by atoms with van der Waals surface area (Å²) in [5, 5.41) is 6.37. The average molecular weight is 297 g/mol. The molecule has 0 radical (unpaired) electrons. The Kier molecular flexibility index (Phi) is 4.18. The van der Waals surface area contributed by atoms with Gasteiger partial charge in [0.1, 0.15) is 0 Å². The van der Waals surface area contributed by atoms with Gasteiger partial charge < -0.3 is 10.6 Å². The molecule has 0 aromatic heterocycles. The van der Waals surface area contributed by atoms with Crippen LogP contribution in [0.3, 0.4) is 0 Å². The highest BCUT2D eigenvalue weighted by Crippen LogP contribution is 2.16. The molecule has 0 unspecified atom stereocenters. The number of carbonyl (C=O) groups excluding carboxylic acids is 1. The van der Waals surface area contributed by atoms with Crippen LogP contribution >= 0.6 is 15.9 Å². The molecule has 2 N–H and O–H groups in total. The molecule has 1 amide bonds. The Hall–Kier alpha value is -0.870. The first-order valence-corrected chi connectivity index (χ1v) is 6.74. The summed E-state index contributed by atoms with van der Waals surface area (Å²) >= 11 is 3.40. The Morgan fingerprint density at radius 1 is 1.53 bits per heavy atom. The second kappa shape index (κ2) is 5.65. The van der Waals surface area contributed by atoms with E-state index in [9.17, 15) is 4.79 Å². The molecule has 0 bridgehead atoms. The van der Waals surface area contributed by atoms with Crippen LogP contribution in [0.25, 0.3) is 0 Å². The maximum atomic E-state index is 12.1. The Bertz CT molecular complexity index is 414. The van der Waals surface area contributed by atoms with E-state index in [-0.39, 0.29) is 11.9 Å². The van der Waals surface area contributed by atoms with E-state index < -0.39 is 0 Å². The molecule has 1 aromatic carbocycles. The Morgan fingerprint density at radius 2 is 2.35 bits per heavy atom. The summed E-state index contributed by atoms with van der Waals surface area (Å²) in [5.41, 5.74) is 1.76. The molecule has 1 saturated heterocycles. The highest BCUT2D eigenvalue weighted by atomic mass is 79.9. The summed E-state index contributed by atoms with van der Waals surface area (Å²) in [5.74, 6) is 0.0255.